The van der Waals surface area contributed by atoms with Crippen LogP contribution in [0.25, 0.3) is 10.8 Å². The third-order valence-electron chi connectivity index (χ3n) is 4.13. The predicted octanol–water partition coefficient (Wildman–Crippen LogP) is 3.66. The summed E-state index contributed by atoms with van der Waals surface area (Å²) in [6.07, 6.45) is 1.23. The van der Waals surface area contributed by atoms with Crippen LogP contribution in [0, 0.1) is 0 Å². The van der Waals surface area contributed by atoms with Gasteiger partial charge in [-0.05, 0) is 25.8 Å². The summed E-state index contributed by atoms with van der Waals surface area (Å²) in [5.41, 5.74) is 1.62. The Balaban J connectivity index is 2.20. The number of fused-ring (bicyclic) bond motifs is 1. The highest BCUT2D eigenvalue weighted by molar-refractivity contribution is 6.37. The number of Topliss-reactive ketones (excluding diaryl/α,β-unsaturated/α-hetero) is 1. The van der Waals surface area contributed by atoms with Crippen molar-refractivity contribution in [1.29, 1.82) is 0 Å². The van der Waals surface area contributed by atoms with Gasteiger partial charge in [0.1, 0.15) is 0 Å². The van der Waals surface area contributed by atoms with Crippen LogP contribution in [0.2, 0.25) is 5.02 Å². The van der Waals surface area contributed by atoms with Gasteiger partial charge in [-0.25, -0.2) is 0 Å². The van der Waals surface area contributed by atoms with E-state index in [4.69, 9.17) is 11.6 Å². The second-order valence-corrected chi connectivity index (χ2v) is 5.98. The molecule has 3 rings (SSSR count). The average molecular weight is 304 g/mol. The molecule has 1 fully saturated rings. The number of hydrogen-bond donors (Lipinski definition) is 1. The van der Waals surface area contributed by atoms with Gasteiger partial charge >= 0.3 is 0 Å². The Morgan fingerprint density at radius 1 is 1.24 bits per heavy atom. The third-order valence-corrected chi connectivity index (χ3v) is 4.44. The highest BCUT2D eigenvalue weighted by Crippen LogP contribution is 2.37. The smallest absolute Gasteiger partial charge is 0.161 e. The van der Waals surface area contributed by atoms with Crippen LogP contribution in [0.4, 0.5) is 5.69 Å². The zero-order chi connectivity index (χ0) is 15.0. The number of ketones is 1. The molecule has 110 valence electrons. The lowest BCUT2D eigenvalue weighted by molar-refractivity contribution is 0.101. The first-order valence-electron chi connectivity index (χ1n) is 7.23. The van der Waals surface area contributed by atoms with Gasteiger partial charge in [0.15, 0.2) is 5.78 Å². The van der Waals surface area contributed by atoms with Crippen LogP contribution < -0.4 is 4.90 Å². The first-order valence-corrected chi connectivity index (χ1v) is 7.61. The number of halogens is 1. The van der Waals surface area contributed by atoms with E-state index in [1.165, 1.54) is 0 Å². The molecule has 2 aromatic rings. The van der Waals surface area contributed by atoms with Crippen molar-refractivity contribution < 1.29 is 9.90 Å². The molecule has 0 spiro atoms. The summed E-state index contributed by atoms with van der Waals surface area (Å²) >= 11 is 6.33. The van der Waals surface area contributed by atoms with Gasteiger partial charge in [0.05, 0.1) is 11.8 Å². The number of benzene rings is 2. The summed E-state index contributed by atoms with van der Waals surface area (Å²) in [6.45, 7) is 3.09. The summed E-state index contributed by atoms with van der Waals surface area (Å²) in [4.78, 5) is 14.2. The number of carbonyl (C=O) groups excluding carboxylic acids is 1. The van der Waals surface area contributed by atoms with Crippen molar-refractivity contribution in [3.05, 3.63) is 40.9 Å². The quantitative estimate of drug-likeness (QED) is 0.861. The first-order chi connectivity index (χ1) is 10.1. The topological polar surface area (TPSA) is 40.5 Å². The molecule has 0 aliphatic carbocycles. The molecule has 0 amide bonds. The Morgan fingerprint density at radius 3 is 2.48 bits per heavy atom. The maximum absolute atomic E-state index is 12.0. The molecule has 1 heterocycles. The average Bonchev–Trinajstić information content (AvgIpc) is 2.48. The van der Waals surface area contributed by atoms with Crippen molar-refractivity contribution in [3.63, 3.8) is 0 Å². The van der Waals surface area contributed by atoms with Gasteiger partial charge in [-0.3, -0.25) is 4.79 Å². The second kappa shape index (κ2) is 5.66. The van der Waals surface area contributed by atoms with Crippen LogP contribution in [0.1, 0.15) is 30.1 Å². The van der Waals surface area contributed by atoms with Crippen molar-refractivity contribution >= 4 is 33.8 Å². The molecule has 2 aromatic carbocycles. The van der Waals surface area contributed by atoms with Gasteiger partial charge in [-0.2, -0.15) is 0 Å². The maximum Gasteiger partial charge on any atom is 0.161 e. The van der Waals surface area contributed by atoms with Gasteiger partial charge in [-0.1, -0.05) is 35.9 Å². The molecule has 1 N–H and O–H groups in total. The lowest BCUT2D eigenvalue weighted by atomic mass is 9.98. The number of hydrogen-bond acceptors (Lipinski definition) is 3. The molecule has 0 aromatic heterocycles. The van der Waals surface area contributed by atoms with E-state index < -0.39 is 0 Å². The monoisotopic (exact) mass is 303 g/mol. The van der Waals surface area contributed by atoms with Gasteiger partial charge in [0, 0.05) is 34.4 Å². The second-order valence-electron chi connectivity index (χ2n) is 5.57. The standard InChI is InChI=1S/C17H18ClNO2/c1-11(20)15-10-16(18)13-4-2-3-5-14(13)17(15)19-8-6-12(21)7-9-19/h2-5,10,12,21H,6-9H2,1H3. The fourth-order valence-electron chi connectivity index (χ4n) is 3.01. The van der Waals surface area contributed by atoms with Gasteiger partial charge in [0.2, 0.25) is 0 Å². The Bertz CT molecular complexity index is 690. The van der Waals surface area contributed by atoms with Crippen LogP contribution in [0.15, 0.2) is 30.3 Å². The molecule has 0 atom stereocenters. The van der Waals surface area contributed by atoms with Crippen molar-refractivity contribution in [1.82, 2.24) is 0 Å². The Hall–Kier alpha value is -1.58. The Morgan fingerprint density at radius 2 is 1.86 bits per heavy atom. The number of aliphatic hydroxyl groups excluding tert-OH is 1. The molecular weight excluding hydrogens is 286 g/mol. The largest absolute Gasteiger partial charge is 0.393 e. The maximum atomic E-state index is 12.0. The van der Waals surface area contributed by atoms with E-state index in [0.717, 1.165) is 42.4 Å². The number of aliphatic hydroxyl groups is 1. The van der Waals surface area contributed by atoms with E-state index in [2.05, 4.69) is 4.90 Å². The zero-order valence-electron chi connectivity index (χ0n) is 12.0. The molecule has 1 saturated heterocycles. The number of nitrogens with zero attached hydrogens (tertiary/aromatic N) is 1. The van der Waals surface area contributed by atoms with E-state index >= 15 is 0 Å². The zero-order valence-corrected chi connectivity index (χ0v) is 12.7. The molecule has 0 saturated carbocycles. The number of piperidine rings is 1. The summed E-state index contributed by atoms with van der Waals surface area (Å²) in [5, 5.41) is 12.3. The van der Waals surface area contributed by atoms with Crippen molar-refractivity contribution in [3.8, 4) is 0 Å². The van der Waals surface area contributed by atoms with Crippen LogP contribution >= 0.6 is 11.6 Å². The first kappa shape index (κ1) is 14.4. The molecular formula is C17H18ClNO2. The van der Waals surface area contributed by atoms with E-state index in [0.29, 0.717) is 10.6 Å². The van der Waals surface area contributed by atoms with E-state index in [1.54, 1.807) is 13.0 Å². The molecule has 21 heavy (non-hydrogen) atoms. The van der Waals surface area contributed by atoms with Crippen molar-refractivity contribution in [2.75, 3.05) is 18.0 Å². The van der Waals surface area contributed by atoms with Gasteiger partial charge in [0.25, 0.3) is 0 Å². The lowest BCUT2D eigenvalue weighted by Gasteiger charge is -2.33. The third kappa shape index (κ3) is 2.63. The van der Waals surface area contributed by atoms with Crippen LogP contribution in [-0.2, 0) is 0 Å². The molecule has 0 unspecified atom stereocenters. The van der Waals surface area contributed by atoms with E-state index in [-0.39, 0.29) is 11.9 Å². The Labute approximate surface area is 129 Å². The lowest BCUT2D eigenvalue weighted by Crippen LogP contribution is -2.36. The molecule has 1 aliphatic rings. The summed E-state index contributed by atoms with van der Waals surface area (Å²) < 4.78 is 0. The molecule has 1 aliphatic heterocycles. The SMILES string of the molecule is CC(=O)c1cc(Cl)c2ccccc2c1N1CCC(O)CC1. The molecule has 0 radical (unpaired) electrons. The normalized spacial score (nSPS) is 16.4. The summed E-state index contributed by atoms with van der Waals surface area (Å²) in [5.74, 6) is 0.0174. The highest BCUT2D eigenvalue weighted by atomic mass is 35.5. The minimum Gasteiger partial charge on any atom is -0.393 e. The fourth-order valence-corrected chi connectivity index (χ4v) is 3.29. The molecule has 0 bridgehead atoms. The summed E-state index contributed by atoms with van der Waals surface area (Å²) in [6, 6.07) is 9.67. The van der Waals surface area contributed by atoms with Crippen LogP contribution in [-0.4, -0.2) is 30.1 Å². The highest BCUT2D eigenvalue weighted by Gasteiger charge is 2.23. The molecule has 4 heteroatoms. The summed E-state index contributed by atoms with van der Waals surface area (Å²) in [7, 11) is 0. The number of anilines is 1. The Kier molecular flexibility index (Phi) is 3.87. The molecule has 3 nitrogen and oxygen atoms in total. The van der Waals surface area contributed by atoms with Crippen LogP contribution in [0.3, 0.4) is 0 Å². The number of rotatable bonds is 2. The van der Waals surface area contributed by atoms with E-state index in [1.807, 2.05) is 24.3 Å². The van der Waals surface area contributed by atoms with Crippen molar-refractivity contribution in [2.24, 2.45) is 0 Å². The minimum atomic E-state index is -0.236. The minimum absolute atomic E-state index is 0.0174. The van der Waals surface area contributed by atoms with E-state index in [9.17, 15) is 9.90 Å². The van der Waals surface area contributed by atoms with Crippen molar-refractivity contribution in [2.45, 2.75) is 25.9 Å². The van der Waals surface area contributed by atoms with Crippen LogP contribution in [0.5, 0.6) is 0 Å². The van der Waals surface area contributed by atoms with Gasteiger partial charge < -0.3 is 10.0 Å². The number of carbonyl (C=O) groups is 1. The predicted molar refractivity (Wildman–Crippen MR) is 86.4 cm³/mol. The fraction of sp³-hybridized carbons (Fsp3) is 0.353. The van der Waals surface area contributed by atoms with Gasteiger partial charge in [-0.15, -0.1) is 0 Å².